The third-order valence-corrected chi connectivity index (χ3v) is 2.87. The molecule has 1 radical (unpaired) electrons. The van der Waals surface area contributed by atoms with Crippen LogP contribution in [0.4, 0.5) is 0 Å². The van der Waals surface area contributed by atoms with Crippen LogP contribution < -0.4 is 4.74 Å². The smallest absolute Gasteiger partial charge is 0.0948 e. The average Bonchev–Trinajstić information content (AvgIpc) is 2.46. The van der Waals surface area contributed by atoms with Gasteiger partial charge in [0, 0.05) is 32.7 Å². The molecule has 19 heavy (non-hydrogen) atoms. The summed E-state index contributed by atoms with van der Waals surface area (Å²) in [6.07, 6.45) is 1.97. The van der Waals surface area contributed by atoms with Crippen molar-refractivity contribution < 1.29 is 37.4 Å². The quantitative estimate of drug-likeness (QED) is 0.623. The molecule has 0 unspecified atom stereocenters. The van der Waals surface area contributed by atoms with Crippen LogP contribution in [0.5, 0.6) is 5.75 Å². The maximum atomic E-state index is 10.4. The van der Waals surface area contributed by atoms with Crippen LogP contribution in [0.25, 0.3) is 5.41 Å². The summed E-state index contributed by atoms with van der Waals surface area (Å²) in [4.78, 5) is 0. The molecule has 0 aliphatic carbocycles. The first-order valence-corrected chi connectivity index (χ1v) is 5.85. The van der Waals surface area contributed by atoms with E-state index in [4.69, 9.17) is 4.74 Å². The molecule has 0 saturated carbocycles. The molecule has 2 nitrogen and oxygen atoms in total. The van der Waals surface area contributed by atoms with Crippen molar-refractivity contribution in [1.29, 1.82) is 0 Å². The molecule has 0 heterocycles. The van der Waals surface area contributed by atoms with E-state index in [1.807, 2.05) is 61.9 Å². The van der Waals surface area contributed by atoms with Crippen LogP contribution in [0.15, 0.2) is 48.5 Å². The number of hydrogen-bond donors (Lipinski definition) is 0. The van der Waals surface area contributed by atoms with Crippen molar-refractivity contribution in [1.82, 2.24) is 0 Å². The molecule has 0 amide bonds. The number of nitrogens with zero attached hydrogens (tertiary/aromatic N) is 1. The largest absolute Gasteiger partial charge is 0.814 e. The molecule has 3 heteroatoms. The Morgan fingerprint density at radius 1 is 1.11 bits per heavy atom. The predicted octanol–water partition coefficient (Wildman–Crippen LogP) is 3.67. The minimum Gasteiger partial charge on any atom is -0.814 e. The van der Waals surface area contributed by atoms with Crippen molar-refractivity contribution >= 4 is 5.71 Å². The second-order valence-electron chi connectivity index (χ2n) is 3.96. The average molecular weight is 326 g/mol. The molecule has 0 aliphatic heterocycles. The minimum absolute atomic E-state index is 0. The van der Waals surface area contributed by atoms with Crippen molar-refractivity contribution in [2.75, 3.05) is 7.11 Å². The molecule has 0 N–H and O–H groups in total. The molecule has 2 aromatic carbocycles. The molecule has 0 aliphatic rings. The molecular weight excluding hydrogens is 311 g/mol. The zero-order valence-corrected chi connectivity index (χ0v) is 14.0. The van der Waals surface area contributed by atoms with Gasteiger partial charge in [-0.2, -0.15) is 18.1 Å². The monoisotopic (exact) mass is 326 g/mol. The fourth-order valence-electron chi connectivity index (χ4n) is 1.87. The molecular formula is C16H15NOY-2. The summed E-state index contributed by atoms with van der Waals surface area (Å²) < 4.78 is 5.20. The zero-order chi connectivity index (χ0) is 13.0. The summed E-state index contributed by atoms with van der Waals surface area (Å²) in [7, 11) is 1.62. The van der Waals surface area contributed by atoms with Gasteiger partial charge in [-0.1, -0.05) is 55.0 Å². The topological polar surface area (TPSA) is 31.5 Å². The van der Waals surface area contributed by atoms with Crippen LogP contribution in [0.3, 0.4) is 0 Å². The molecule has 0 aromatic heterocycles. The van der Waals surface area contributed by atoms with Crippen molar-refractivity contribution in [3.63, 3.8) is 0 Å². The van der Waals surface area contributed by atoms with Gasteiger partial charge < -0.3 is 10.1 Å². The molecule has 0 bridgehead atoms. The van der Waals surface area contributed by atoms with Gasteiger partial charge >= 0.3 is 0 Å². The Balaban J connectivity index is 0.00000180. The molecule has 0 atom stereocenters. The second kappa shape index (κ2) is 7.47. The fourth-order valence-corrected chi connectivity index (χ4v) is 1.87. The third-order valence-electron chi connectivity index (χ3n) is 2.87. The number of benzene rings is 2. The molecule has 0 saturated heterocycles. The molecule has 2 aromatic rings. The van der Waals surface area contributed by atoms with Crippen molar-refractivity contribution in [2.45, 2.75) is 6.92 Å². The number of methoxy groups -OCH3 is 1. The minimum atomic E-state index is 0. The number of hydrogen-bond acceptors (Lipinski definition) is 1. The maximum Gasteiger partial charge on any atom is 0.0948 e. The maximum absolute atomic E-state index is 10.4. The van der Waals surface area contributed by atoms with Crippen molar-refractivity contribution in [3.8, 4) is 5.75 Å². The molecule has 2 rings (SSSR count). The van der Waals surface area contributed by atoms with E-state index in [0.717, 1.165) is 22.4 Å². The Labute approximate surface area is 139 Å². The fraction of sp³-hybridized carbons (Fsp3) is 0.125. The first kappa shape index (κ1) is 15.9. The SMILES string of the molecule is C[CH-]c1ccc(OC)cc1C(=[N-])c1ccccc1.[Y]. The Bertz CT molecular complexity index is 552. The van der Waals surface area contributed by atoms with E-state index >= 15 is 0 Å². The Kier molecular flexibility index (Phi) is 6.26. The van der Waals surface area contributed by atoms with Crippen LogP contribution in [0, 0.1) is 6.42 Å². The van der Waals surface area contributed by atoms with Gasteiger partial charge in [0.2, 0.25) is 0 Å². The Hall–Kier alpha value is -1.12. The second-order valence-corrected chi connectivity index (χ2v) is 3.96. The van der Waals surface area contributed by atoms with Gasteiger partial charge in [0.25, 0.3) is 0 Å². The summed E-state index contributed by atoms with van der Waals surface area (Å²) in [6, 6.07) is 15.2. The van der Waals surface area contributed by atoms with E-state index in [1.165, 1.54) is 0 Å². The third kappa shape index (κ3) is 3.68. The van der Waals surface area contributed by atoms with Crippen LogP contribution >= 0.6 is 0 Å². The van der Waals surface area contributed by atoms with E-state index in [9.17, 15) is 5.41 Å². The van der Waals surface area contributed by atoms with Gasteiger partial charge in [0.05, 0.1) is 12.9 Å². The van der Waals surface area contributed by atoms with Gasteiger partial charge in [-0.15, -0.1) is 5.56 Å². The van der Waals surface area contributed by atoms with Gasteiger partial charge in [-0.05, 0) is 0 Å². The summed E-state index contributed by atoms with van der Waals surface area (Å²) in [5.74, 6) is 0.734. The van der Waals surface area contributed by atoms with Gasteiger partial charge in [0.1, 0.15) is 0 Å². The molecule has 0 spiro atoms. The Morgan fingerprint density at radius 2 is 1.79 bits per heavy atom. The van der Waals surface area contributed by atoms with Gasteiger partial charge in [-0.3, -0.25) is 0 Å². The van der Waals surface area contributed by atoms with Gasteiger partial charge in [-0.25, -0.2) is 5.71 Å². The van der Waals surface area contributed by atoms with E-state index in [1.54, 1.807) is 7.11 Å². The summed E-state index contributed by atoms with van der Waals surface area (Å²) in [5, 5.41) is 10.4. The molecule has 0 fully saturated rings. The van der Waals surface area contributed by atoms with Crippen LogP contribution in [0.2, 0.25) is 0 Å². The zero-order valence-electron chi connectivity index (χ0n) is 11.1. The van der Waals surface area contributed by atoms with Crippen molar-refractivity contribution in [2.24, 2.45) is 0 Å². The normalized spacial score (nSPS) is 9.37. The molecule has 95 valence electrons. The van der Waals surface area contributed by atoms with Crippen LogP contribution in [-0.2, 0) is 32.7 Å². The number of ether oxygens (including phenoxy) is 1. The summed E-state index contributed by atoms with van der Waals surface area (Å²) in [6.45, 7) is 1.95. The number of rotatable bonds is 4. The summed E-state index contributed by atoms with van der Waals surface area (Å²) in [5.41, 5.74) is 2.83. The summed E-state index contributed by atoms with van der Waals surface area (Å²) >= 11 is 0. The van der Waals surface area contributed by atoms with Crippen molar-refractivity contribution in [3.05, 3.63) is 77.1 Å². The van der Waals surface area contributed by atoms with E-state index < -0.39 is 0 Å². The first-order valence-electron chi connectivity index (χ1n) is 5.85. The Morgan fingerprint density at radius 3 is 2.37 bits per heavy atom. The van der Waals surface area contributed by atoms with E-state index in [0.29, 0.717) is 0 Å². The standard InChI is InChI=1S/C16H15NO.Y/c1-3-12-9-10-14(18-2)11-15(12)16(17)13-7-5-4-6-8-13;/h3-11H,1-2H3;/q-2;. The predicted molar refractivity (Wildman–Crippen MR) is 75.1 cm³/mol. The van der Waals surface area contributed by atoms with Gasteiger partial charge in [0.15, 0.2) is 0 Å². The van der Waals surface area contributed by atoms with E-state index in [2.05, 4.69) is 0 Å². The van der Waals surface area contributed by atoms with E-state index in [-0.39, 0.29) is 38.4 Å². The van der Waals surface area contributed by atoms with Crippen LogP contribution in [0.1, 0.15) is 23.6 Å². The van der Waals surface area contributed by atoms with Crippen LogP contribution in [-0.4, -0.2) is 12.8 Å². The first-order chi connectivity index (χ1) is 8.76.